The Labute approximate surface area is 126 Å². The molecule has 1 N–H and O–H groups in total. The van der Waals surface area contributed by atoms with Crippen LogP contribution in [0.1, 0.15) is 50.7 Å². The summed E-state index contributed by atoms with van der Waals surface area (Å²) < 4.78 is 5.80. The topological polar surface area (TPSA) is 37.4 Å². The number of ether oxygens (including phenoxy) is 1. The van der Waals surface area contributed by atoms with Crippen LogP contribution >= 0.6 is 11.3 Å². The maximum atomic E-state index is 5.80. The second-order valence-corrected chi connectivity index (χ2v) is 6.79. The molecule has 1 fully saturated rings. The molecule has 20 heavy (non-hydrogen) atoms. The van der Waals surface area contributed by atoms with Crippen molar-refractivity contribution in [3.8, 4) is 0 Å². The number of nitrogens with zero attached hydrogens (tertiary/aromatic N) is 2. The molecule has 1 unspecified atom stereocenters. The second-order valence-electron chi connectivity index (χ2n) is 5.78. The average molecular weight is 297 g/mol. The van der Waals surface area contributed by atoms with Crippen molar-refractivity contribution >= 4 is 16.5 Å². The summed E-state index contributed by atoms with van der Waals surface area (Å²) in [5.41, 5.74) is 1.16. The molecule has 1 saturated heterocycles. The highest BCUT2D eigenvalue weighted by atomic mass is 32.1. The Kier molecular flexibility index (Phi) is 5.41. The van der Waals surface area contributed by atoms with Gasteiger partial charge in [0.05, 0.1) is 17.9 Å². The van der Waals surface area contributed by atoms with Crippen molar-refractivity contribution in [1.29, 1.82) is 0 Å². The van der Waals surface area contributed by atoms with Gasteiger partial charge in [0, 0.05) is 24.0 Å². The van der Waals surface area contributed by atoms with Crippen molar-refractivity contribution in [2.75, 3.05) is 24.5 Å². The molecule has 0 radical (unpaired) electrons. The second kappa shape index (κ2) is 6.87. The molecule has 0 bridgehead atoms. The highest BCUT2D eigenvalue weighted by Crippen LogP contribution is 2.32. The van der Waals surface area contributed by atoms with Crippen LogP contribution in [0.5, 0.6) is 0 Å². The molecule has 1 aliphatic heterocycles. The van der Waals surface area contributed by atoms with Gasteiger partial charge in [0.1, 0.15) is 0 Å². The summed E-state index contributed by atoms with van der Waals surface area (Å²) in [6.07, 6.45) is 1.72. The predicted molar refractivity (Wildman–Crippen MR) is 85.8 cm³/mol. The molecule has 0 saturated carbocycles. The third kappa shape index (κ3) is 3.71. The summed E-state index contributed by atoms with van der Waals surface area (Å²) >= 11 is 1.83. The van der Waals surface area contributed by atoms with Gasteiger partial charge in [0.25, 0.3) is 0 Å². The molecule has 1 aromatic heterocycles. The van der Waals surface area contributed by atoms with Crippen molar-refractivity contribution in [1.82, 2.24) is 10.3 Å². The zero-order valence-electron chi connectivity index (χ0n) is 13.3. The highest BCUT2D eigenvalue weighted by Gasteiger charge is 2.25. The van der Waals surface area contributed by atoms with Gasteiger partial charge >= 0.3 is 0 Å². The number of rotatable bonds is 5. The van der Waals surface area contributed by atoms with Crippen LogP contribution in [0, 0.1) is 6.92 Å². The van der Waals surface area contributed by atoms with Crippen molar-refractivity contribution in [3.63, 3.8) is 0 Å². The number of thiazole rings is 1. The molecule has 0 amide bonds. The number of hydrogen-bond acceptors (Lipinski definition) is 5. The lowest BCUT2D eigenvalue weighted by atomic mass is 10.2. The molecular weight excluding hydrogens is 270 g/mol. The van der Waals surface area contributed by atoms with Crippen molar-refractivity contribution in [2.24, 2.45) is 0 Å². The Morgan fingerprint density at radius 3 is 2.65 bits per heavy atom. The van der Waals surface area contributed by atoms with E-state index in [0.29, 0.717) is 6.04 Å². The Bertz CT molecular complexity index is 425. The minimum absolute atomic E-state index is 0.280. The largest absolute Gasteiger partial charge is 0.372 e. The minimum Gasteiger partial charge on any atom is -0.372 e. The molecule has 4 nitrogen and oxygen atoms in total. The van der Waals surface area contributed by atoms with Gasteiger partial charge < -0.3 is 15.0 Å². The molecule has 0 aromatic carbocycles. The first-order chi connectivity index (χ1) is 9.51. The fraction of sp³-hybridized carbons (Fsp3) is 0.800. The van der Waals surface area contributed by atoms with E-state index < -0.39 is 0 Å². The summed E-state index contributed by atoms with van der Waals surface area (Å²) in [7, 11) is 0. The van der Waals surface area contributed by atoms with E-state index in [1.807, 2.05) is 11.3 Å². The van der Waals surface area contributed by atoms with Crippen molar-refractivity contribution in [3.05, 3.63) is 10.6 Å². The van der Waals surface area contributed by atoms with Gasteiger partial charge in [0.15, 0.2) is 5.13 Å². The Morgan fingerprint density at radius 2 is 2.05 bits per heavy atom. The van der Waals surface area contributed by atoms with E-state index in [1.54, 1.807) is 0 Å². The average Bonchev–Trinajstić information content (AvgIpc) is 2.77. The van der Waals surface area contributed by atoms with E-state index in [9.17, 15) is 0 Å². The molecule has 0 aliphatic carbocycles. The number of aromatic nitrogens is 1. The van der Waals surface area contributed by atoms with Crippen LogP contribution in [0.2, 0.25) is 0 Å². The van der Waals surface area contributed by atoms with Gasteiger partial charge in [-0.15, -0.1) is 11.3 Å². The molecule has 5 heteroatoms. The quantitative estimate of drug-likeness (QED) is 0.906. The number of anilines is 1. The van der Waals surface area contributed by atoms with E-state index in [-0.39, 0.29) is 12.2 Å². The Balaban J connectivity index is 2.10. The van der Waals surface area contributed by atoms with E-state index in [2.05, 4.69) is 44.8 Å². The van der Waals surface area contributed by atoms with E-state index in [1.165, 1.54) is 4.88 Å². The molecule has 114 valence electrons. The summed E-state index contributed by atoms with van der Waals surface area (Å²) in [6.45, 7) is 13.7. The fourth-order valence-corrected chi connectivity index (χ4v) is 3.83. The van der Waals surface area contributed by atoms with Crippen LogP contribution in [0.4, 0.5) is 5.13 Å². The van der Waals surface area contributed by atoms with Crippen LogP contribution in [0.15, 0.2) is 0 Å². The van der Waals surface area contributed by atoms with Gasteiger partial charge in [0.2, 0.25) is 0 Å². The van der Waals surface area contributed by atoms with E-state index in [0.717, 1.165) is 36.9 Å². The van der Waals surface area contributed by atoms with E-state index in [4.69, 9.17) is 9.72 Å². The van der Waals surface area contributed by atoms with Gasteiger partial charge in [-0.2, -0.15) is 0 Å². The van der Waals surface area contributed by atoms with Gasteiger partial charge in [-0.3, -0.25) is 0 Å². The van der Waals surface area contributed by atoms with Crippen LogP contribution in [-0.2, 0) is 4.74 Å². The third-order valence-corrected chi connectivity index (χ3v) is 5.01. The monoisotopic (exact) mass is 297 g/mol. The normalized spacial score (nSPS) is 24.9. The third-order valence-electron chi connectivity index (χ3n) is 3.61. The van der Waals surface area contributed by atoms with Crippen LogP contribution in [0.3, 0.4) is 0 Å². The summed E-state index contributed by atoms with van der Waals surface area (Å²) in [5.74, 6) is 0. The SMILES string of the molecule is CCCNC(C)c1sc(N2C[C@@H](C)O[C@@H](C)C2)nc1C. The van der Waals surface area contributed by atoms with Crippen LogP contribution < -0.4 is 10.2 Å². The zero-order valence-corrected chi connectivity index (χ0v) is 14.1. The molecule has 1 aromatic rings. The Hall–Kier alpha value is -0.650. The van der Waals surface area contributed by atoms with Crippen molar-refractivity contribution < 1.29 is 4.74 Å². The lowest BCUT2D eigenvalue weighted by molar-refractivity contribution is -0.00523. The van der Waals surface area contributed by atoms with Crippen LogP contribution in [0.25, 0.3) is 0 Å². The molecule has 2 rings (SSSR count). The number of hydrogen-bond donors (Lipinski definition) is 1. The lowest BCUT2D eigenvalue weighted by Gasteiger charge is -2.35. The maximum absolute atomic E-state index is 5.80. The number of nitrogens with one attached hydrogen (secondary N) is 1. The molecule has 2 heterocycles. The van der Waals surface area contributed by atoms with E-state index >= 15 is 0 Å². The highest BCUT2D eigenvalue weighted by molar-refractivity contribution is 7.15. The zero-order chi connectivity index (χ0) is 14.7. The smallest absolute Gasteiger partial charge is 0.186 e. The van der Waals surface area contributed by atoms with Crippen LogP contribution in [-0.4, -0.2) is 36.8 Å². The fourth-order valence-electron chi connectivity index (χ4n) is 2.72. The maximum Gasteiger partial charge on any atom is 0.186 e. The lowest BCUT2D eigenvalue weighted by Crippen LogP contribution is -2.45. The summed E-state index contributed by atoms with van der Waals surface area (Å²) in [5, 5.41) is 4.69. The van der Waals surface area contributed by atoms with Gasteiger partial charge in [-0.05, 0) is 40.7 Å². The molecule has 0 spiro atoms. The number of morpholine rings is 1. The molecule has 3 atom stereocenters. The summed E-state index contributed by atoms with van der Waals surface area (Å²) in [6, 6.07) is 0.386. The molecular formula is C15H27N3OS. The Morgan fingerprint density at radius 1 is 1.40 bits per heavy atom. The summed E-state index contributed by atoms with van der Waals surface area (Å²) in [4.78, 5) is 8.51. The standard InChI is InChI=1S/C15H27N3OS/c1-6-7-16-12(4)14-13(5)17-15(20-14)18-8-10(2)19-11(3)9-18/h10-12,16H,6-9H2,1-5H3/t10-,11+,12?. The number of aryl methyl sites for hydroxylation is 1. The van der Waals surface area contributed by atoms with Gasteiger partial charge in [-0.25, -0.2) is 4.98 Å². The first kappa shape index (κ1) is 15.7. The first-order valence-electron chi connectivity index (χ1n) is 7.62. The van der Waals surface area contributed by atoms with Crippen molar-refractivity contribution in [2.45, 2.75) is 59.3 Å². The first-order valence-corrected chi connectivity index (χ1v) is 8.44. The van der Waals surface area contributed by atoms with Gasteiger partial charge in [-0.1, -0.05) is 6.92 Å². The predicted octanol–water partition coefficient (Wildman–Crippen LogP) is 3.13. The molecule has 1 aliphatic rings. The minimum atomic E-state index is 0.280.